The van der Waals surface area contributed by atoms with Gasteiger partial charge in [0.25, 0.3) is 0 Å². The molecule has 1 aliphatic rings. The summed E-state index contributed by atoms with van der Waals surface area (Å²) in [5.74, 6) is -0.308. The summed E-state index contributed by atoms with van der Waals surface area (Å²) < 4.78 is 7.89. The van der Waals surface area contributed by atoms with Crippen LogP contribution in [0.2, 0.25) is 0 Å². The van der Waals surface area contributed by atoms with Crippen molar-refractivity contribution in [2.24, 2.45) is 0 Å². The number of aromatic carboxylic acids is 1. The van der Waals surface area contributed by atoms with E-state index >= 15 is 0 Å². The predicted molar refractivity (Wildman–Crippen MR) is 103 cm³/mol. The van der Waals surface area contributed by atoms with E-state index in [1.165, 1.54) is 6.20 Å². The highest BCUT2D eigenvalue weighted by Crippen LogP contribution is 2.46. The number of benzene rings is 3. The van der Waals surface area contributed by atoms with Gasteiger partial charge >= 0.3 is 5.97 Å². The minimum absolute atomic E-state index is 0.274. The Morgan fingerprint density at radius 3 is 2.67 bits per heavy atom. The third-order valence-electron chi connectivity index (χ3n) is 5.04. The molecule has 0 atom stereocenters. The molecule has 6 nitrogen and oxygen atoms in total. The number of ether oxygens (including phenoxy) is 1. The van der Waals surface area contributed by atoms with E-state index in [-0.39, 0.29) is 10.9 Å². The monoisotopic (exact) mass is 358 g/mol. The van der Waals surface area contributed by atoms with E-state index in [1.54, 1.807) is 17.6 Å². The number of hydrogen-bond donors (Lipinski definition) is 2. The maximum Gasteiger partial charge on any atom is 0.341 e. The van der Waals surface area contributed by atoms with Gasteiger partial charge in [0.15, 0.2) is 11.5 Å². The number of fused-ring (bicyclic) bond motifs is 4. The van der Waals surface area contributed by atoms with Gasteiger partial charge in [-0.2, -0.15) is 0 Å². The quantitative estimate of drug-likeness (QED) is 0.444. The van der Waals surface area contributed by atoms with Crippen molar-refractivity contribution in [1.82, 2.24) is 4.57 Å². The summed E-state index contributed by atoms with van der Waals surface area (Å²) in [5, 5.41) is 11.6. The molecule has 0 radical (unpaired) electrons. The molecule has 0 spiro atoms. The van der Waals surface area contributed by atoms with E-state index in [1.807, 2.05) is 36.4 Å². The lowest BCUT2D eigenvalue weighted by molar-refractivity contribution is 0.0695. The van der Waals surface area contributed by atoms with Crippen LogP contribution in [-0.2, 0) is 0 Å². The second-order valence-electron chi connectivity index (χ2n) is 6.62. The number of aromatic nitrogens is 1. The third kappa shape index (κ3) is 1.95. The lowest BCUT2D eigenvalue weighted by Gasteiger charge is -2.26. The maximum absolute atomic E-state index is 12.7. The van der Waals surface area contributed by atoms with Gasteiger partial charge in [-0.05, 0) is 30.0 Å². The Morgan fingerprint density at radius 2 is 1.89 bits per heavy atom. The van der Waals surface area contributed by atoms with E-state index in [4.69, 9.17) is 10.5 Å². The summed E-state index contributed by atoms with van der Waals surface area (Å²) in [4.78, 5) is 24.4. The fourth-order valence-electron chi connectivity index (χ4n) is 3.68. The molecule has 0 fully saturated rings. The molecule has 3 N–H and O–H groups in total. The zero-order valence-electron chi connectivity index (χ0n) is 14.3. The number of carboxylic acids is 1. The lowest BCUT2D eigenvalue weighted by atomic mass is 10.0. The molecule has 4 aromatic rings. The Labute approximate surface area is 153 Å². The van der Waals surface area contributed by atoms with Crippen molar-refractivity contribution in [3.63, 3.8) is 0 Å². The number of rotatable bonds is 1. The van der Waals surface area contributed by atoms with Crippen LogP contribution >= 0.6 is 0 Å². The van der Waals surface area contributed by atoms with Crippen LogP contribution in [0.4, 0.5) is 5.69 Å². The summed E-state index contributed by atoms with van der Waals surface area (Å²) in [6.45, 7) is 1.77. The number of carboxylic acid groups (broad SMARTS) is 1. The van der Waals surface area contributed by atoms with Crippen molar-refractivity contribution in [2.45, 2.75) is 6.92 Å². The number of carbonyl (C=O) groups is 1. The summed E-state index contributed by atoms with van der Waals surface area (Å²) in [6, 6.07) is 13.2. The molecule has 6 heteroatoms. The SMILES string of the molecule is Cc1cc2c(=O)c(C(=O)O)cn3c2c(c1N)Oc1c-3ccc2ccccc12. The Morgan fingerprint density at radius 1 is 1.11 bits per heavy atom. The largest absolute Gasteiger partial charge is 0.477 e. The lowest BCUT2D eigenvalue weighted by Crippen LogP contribution is -2.21. The minimum atomic E-state index is -1.27. The topological polar surface area (TPSA) is 94.6 Å². The fraction of sp³-hybridized carbons (Fsp3) is 0.0476. The van der Waals surface area contributed by atoms with Crippen molar-refractivity contribution in [2.75, 3.05) is 5.73 Å². The first-order chi connectivity index (χ1) is 13.0. The van der Waals surface area contributed by atoms with Crippen molar-refractivity contribution in [3.05, 3.63) is 70.0 Å². The molecule has 5 rings (SSSR count). The van der Waals surface area contributed by atoms with Gasteiger partial charge in [-0.3, -0.25) is 4.79 Å². The summed E-state index contributed by atoms with van der Waals surface area (Å²) >= 11 is 0. The molecule has 0 amide bonds. The van der Waals surface area contributed by atoms with E-state index in [0.717, 1.165) is 10.8 Å². The second-order valence-corrected chi connectivity index (χ2v) is 6.62. The van der Waals surface area contributed by atoms with E-state index in [2.05, 4.69) is 0 Å². The van der Waals surface area contributed by atoms with Crippen LogP contribution in [-0.4, -0.2) is 15.6 Å². The number of aryl methyl sites for hydroxylation is 1. The highest BCUT2D eigenvalue weighted by molar-refractivity contribution is 6.01. The van der Waals surface area contributed by atoms with Gasteiger partial charge in [0.05, 0.1) is 16.8 Å². The molecule has 2 heterocycles. The molecule has 0 saturated heterocycles. The van der Waals surface area contributed by atoms with Crippen molar-refractivity contribution in [3.8, 4) is 17.2 Å². The van der Waals surface area contributed by atoms with E-state index < -0.39 is 11.4 Å². The van der Waals surface area contributed by atoms with Crippen LogP contribution < -0.4 is 15.9 Å². The van der Waals surface area contributed by atoms with Gasteiger partial charge in [-0.1, -0.05) is 30.3 Å². The van der Waals surface area contributed by atoms with Crippen molar-refractivity contribution < 1.29 is 14.6 Å². The molecule has 3 aromatic carbocycles. The van der Waals surface area contributed by atoms with Crippen LogP contribution in [0.15, 0.2) is 53.5 Å². The summed E-state index contributed by atoms with van der Waals surface area (Å²) in [7, 11) is 0. The zero-order valence-corrected chi connectivity index (χ0v) is 14.3. The Hall–Kier alpha value is -3.80. The molecule has 1 aliphatic heterocycles. The fourth-order valence-corrected chi connectivity index (χ4v) is 3.68. The van der Waals surface area contributed by atoms with E-state index in [9.17, 15) is 14.7 Å². The molecule has 132 valence electrons. The van der Waals surface area contributed by atoms with Crippen molar-refractivity contribution >= 4 is 33.3 Å². The first-order valence-corrected chi connectivity index (χ1v) is 8.39. The Bertz CT molecular complexity index is 1370. The second kappa shape index (κ2) is 5.11. The average molecular weight is 358 g/mol. The normalized spacial score (nSPS) is 12.0. The maximum atomic E-state index is 12.7. The number of nitrogen functional groups attached to an aromatic ring is 1. The summed E-state index contributed by atoms with van der Waals surface area (Å²) in [5.41, 5.74) is 7.65. The van der Waals surface area contributed by atoms with Gasteiger partial charge in [0.2, 0.25) is 5.43 Å². The molecule has 0 aliphatic carbocycles. The number of hydrogen-bond acceptors (Lipinski definition) is 4. The average Bonchev–Trinajstić information content (AvgIpc) is 2.67. The first-order valence-electron chi connectivity index (χ1n) is 8.39. The van der Waals surface area contributed by atoms with E-state index in [0.29, 0.717) is 34.0 Å². The predicted octanol–water partition coefficient (Wildman–Crippen LogP) is 3.84. The van der Waals surface area contributed by atoms with Crippen LogP contribution in [0.1, 0.15) is 15.9 Å². The number of nitrogens with zero attached hydrogens (tertiary/aromatic N) is 1. The Kier molecular flexibility index (Phi) is 2.92. The zero-order chi connectivity index (χ0) is 18.9. The molecular weight excluding hydrogens is 344 g/mol. The molecule has 1 aromatic heterocycles. The molecule has 0 saturated carbocycles. The Balaban J connectivity index is 2.03. The number of nitrogens with two attached hydrogens (primary N) is 1. The minimum Gasteiger partial charge on any atom is -0.477 e. The van der Waals surface area contributed by atoms with Gasteiger partial charge in [0, 0.05) is 11.6 Å². The van der Waals surface area contributed by atoms with Crippen LogP contribution in [0.25, 0.3) is 27.4 Å². The first kappa shape index (κ1) is 15.5. The third-order valence-corrected chi connectivity index (χ3v) is 5.04. The molecule has 27 heavy (non-hydrogen) atoms. The molecule has 0 bridgehead atoms. The van der Waals surface area contributed by atoms with Gasteiger partial charge in [-0.15, -0.1) is 0 Å². The molecular formula is C21H14N2O4. The van der Waals surface area contributed by atoms with Crippen LogP contribution in [0.3, 0.4) is 0 Å². The highest BCUT2D eigenvalue weighted by Gasteiger charge is 2.27. The van der Waals surface area contributed by atoms with Crippen LogP contribution in [0, 0.1) is 6.92 Å². The number of anilines is 1. The highest BCUT2D eigenvalue weighted by atomic mass is 16.5. The van der Waals surface area contributed by atoms with Crippen LogP contribution in [0.5, 0.6) is 11.5 Å². The van der Waals surface area contributed by atoms with Gasteiger partial charge < -0.3 is 20.1 Å². The van der Waals surface area contributed by atoms with Gasteiger partial charge in [-0.25, -0.2) is 4.79 Å². The number of pyridine rings is 1. The van der Waals surface area contributed by atoms with Gasteiger partial charge in [0.1, 0.15) is 11.1 Å². The smallest absolute Gasteiger partial charge is 0.341 e. The van der Waals surface area contributed by atoms with Crippen molar-refractivity contribution in [1.29, 1.82) is 0 Å². The summed E-state index contributed by atoms with van der Waals surface area (Å²) in [6.07, 6.45) is 1.35. The molecule has 0 unspecified atom stereocenters. The standard InChI is InChI=1S/C21H14N2O4/c1-10-8-13-17-20(16(10)22)27-19-12-5-3-2-4-11(12)6-7-15(19)23(17)9-14(18(13)24)21(25)26/h2-9H,22H2,1H3,(H,25,26).